The molecule has 94 valence electrons. The van der Waals surface area contributed by atoms with Gasteiger partial charge in [-0.25, -0.2) is 0 Å². The first-order valence-corrected chi connectivity index (χ1v) is 6.13. The minimum absolute atomic E-state index is 0.0184. The number of carbonyl (C=O) groups is 1. The Hall–Kier alpha value is -1.36. The number of H-pyrrole nitrogens is 1. The summed E-state index contributed by atoms with van der Waals surface area (Å²) in [6, 6.07) is 0. The lowest BCUT2D eigenvalue weighted by molar-refractivity contribution is 0.0938. The second kappa shape index (κ2) is 5.31. The highest BCUT2D eigenvalue weighted by molar-refractivity contribution is 5.94. The third kappa shape index (κ3) is 3.06. The maximum Gasteiger partial charge on any atom is 0.254 e. The number of nitrogens with one attached hydrogen (secondary N) is 2. The van der Waals surface area contributed by atoms with Crippen molar-refractivity contribution in [3.05, 3.63) is 17.5 Å². The van der Waals surface area contributed by atoms with Gasteiger partial charge in [-0.15, -0.1) is 0 Å². The Morgan fingerprint density at radius 2 is 2.29 bits per heavy atom. The van der Waals surface area contributed by atoms with Crippen LogP contribution in [0.4, 0.5) is 0 Å². The van der Waals surface area contributed by atoms with Gasteiger partial charge in [0.2, 0.25) is 0 Å². The number of rotatable bonds is 3. The number of amides is 1. The van der Waals surface area contributed by atoms with Crippen molar-refractivity contribution in [3.63, 3.8) is 0 Å². The molecular weight excluding hydrogens is 216 g/mol. The van der Waals surface area contributed by atoms with Crippen molar-refractivity contribution in [1.82, 2.24) is 20.4 Å². The summed E-state index contributed by atoms with van der Waals surface area (Å²) >= 11 is 0. The molecule has 2 heterocycles. The first-order valence-electron chi connectivity index (χ1n) is 6.13. The highest BCUT2D eigenvalue weighted by Crippen LogP contribution is 2.15. The molecule has 0 aliphatic carbocycles. The molecule has 0 radical (unpaired) electrons. The molecule has 5 nitrogen and oxygen atoms in total. The Morgan fingerprint density at radius 3 is 2.88 bits per heavy atom. The highest BCUT2D eigenvalue weighted by atomic mass is 16.1. The molecular formula is C12H20N4O. The molecule has 1 aromatic rings. The van der Waals surface area contributed by atoms with E-state index in [-0.39, 0.29) is 5.91 Å². The summed E-state index contributed by atoms with van der Waals surface area (Å²) in [6.07, 6.45) is 3.92. The van der Waals surface area contributed by atoms with Crippen molar-refractivity contribution < 1.29 is 4.79 Å². The summed E-state index contributed by atoms with van der Waals surface area (Å²) in [5.41, 5.74) is 1.48. The number of hydrogen-bond donors (Lipinski definition) is 2. The maximum absolute atomic E-state index is 11.9. The minimum atomic E-state index is -0.0184. The molecule has 1 aromatic heterocycles. The van der Waals surface area contributed by atoms with Crippen molar-refractivity contribution in [3.8, 4) is 0 Å². The van der Waals surface area contributed by atoms with Crippen LogP contribution in [0, 0.1) is 12.8 Å². The number of aryl methyl sites for hydroxylation is 1. The van der Waals surface area contributed by atoms with Crippen LogP contribution in [0.1, 0.15) is 28.9 Å². The van der Waals surface area contributed by atoms with Crippen LogP contribution in [0.25, 0.3) is 0 Å². The average Bonchev–Trinajstić information content (AvgIpc) is 2.74. The average molecular weight is 236 g/mol. The fourth-order valence-corrected chi connectivity index (χ4v) is 2.18. The standard InChI is InChI=1S/C12H20N4O/c1-9-11(8-14-15-9)12(17)13-7-10-3-5-16(2)6-4-10/h8,10H,3-7H2,1-2H3,(H,13,17)(H,14,15). The van der Waals surface area contributed by atoms with Gasteiger partial charge in [0.05, 0.1) is 11.8 Å². The van der Waals surface area contributed by atoms with Crippen molar-refractivity contribution in [1.29, 1.82) is 0 Å². The molecule has 0 bridgehead atoms. The van der Waals surface area contributed by atoms with Crippen molar-refractivity contribution in [2.75, 3.05) is 26.7 Å². The van der Waals surface area contributed by atoms with Gasteiger partial charge < -0.3 is 10.2 Å². The van der Waals surface area contributed by atoms with Gasteiger partial charge >= 0.3 is 0 Å². The van der Waals surface area contributed by atoms with Gasteiger partial charge in [-0.3, -0.25) is 9.89 Å². The molecule has 2 N–H and O–H groups in total. The molecule has 0 aromatic carbocycles. The zero-order valence-electron chi connectivity index (χ0n) is 10.5. The van der Waals surface area contributed by atoms with E-state index in [9.17, 15) is 4.79 Å². The summed E-state index contributed by atoms with van der Waals surface area (Å²) in [5, 5.41) is 9.62. The number of piperidine rings is 1. The predicted octanol–water partition coefficient (Wildman–Crippen LogP) is 0.790. The lowest BCUT2D eigenvalue weighted by atomic mass is 9.97. The fraction of sp³-hybridized carbons (Fsp3) is 0.667. The molecule has 1 amide bonds. The number of hydrogen-bond acceptors (Lipinski definition) is 3. The molecule has 1 saturated heterocycles. The Bertz CT molecular complexity index is 380. The first kappa shape index (κ1) is 12.1. The van der Waals surface area contributed by atoms with Gasteiger partial charge in [0.15, 0.2) is 0 Å². The monoisotopic (exact) mass is 236 g/mol. The molecule has 1 aliphatic rings. The van der Waals surface area contributed by atoms with Crippen LogP contribution in [-0.2, 0) is 0 Å². The molecule has 1 fully saturated rings. The number of aromatic nitrogens is 2. The fourth-order valence-electron chi connectivity index (χ4n) is 2.18. The molecule has 0 unspecified atom stereocenters. The van der Waals surface area contributed by atoms with Crippen molar-refractivity contribution >= 4 is 5.91 Å². The lowest BCUT2D eigenvalue weighted by Gasteiger charge is -2.28. The summed E-state index contributed by atoms with van der Waals surface area (Å²) in [7, 11) is 2.14. The van der Waals surface area contributed by atoms with Crippen LogP contribution in [0.3, 0.4) is 0 Å². The van der Waals surface area contributed by atoms with Gasteiger partial charge in [0.25, 0.3) is 5.91 Å². The van der Waals surface area contributed by atoms with Gasteiger partial charge in [-0.1, -0.05) is 0 Å². The quantitative estimate of drug-likeness (QED) is 0.815. The smallest absolute Gasteiger partial charge is 0.254 e. The molecule has 2 rings (SSSR count). The summed E-state index contributed by atoms with van der Waals surface area (Å²) in [4.78, 5) is 14.2. The van der Waals surface area contributed by atoms with Crippen LogP contribution in [0.2, 0.25) is 0 Å². The zero-order chi connectivity index (χ0) is 12.3. The molecule has 0 atom stereocenters. The number of carbonyl (C=O) groups excluding carboxylic acids is 1. The molecule has 5 heteroatoms. The van der Waals surface area contributed by atoms with E-state index in [1.54, 1.807) is 6.20 Å². The van der Waals surface area contributed by atoms with E-state index in [1.807, 2.05) is 6.92 Å². The zero-order valence-corrected chi connectivity index (χ0v) is 10.5. The van der Waals surface area contributed by atoms with E-state index in [1.165, 1.54) is 12.8 Å². The molecule has 17 heavy (non-hydrogen) atoms. The first-order chi connectivity index (χ1) is 8.16. The van der Waals surface area contributed by atoms with E-state index >= 15 is 0 Å². The Kier molecular flexibility index (Phi) is 3.78. The van der Waals surface area contributed by atoms with Crippen molar-refractivity contribution in [2.24, 2.45) is 5.92 Å². The number of aromatic amines is 1. The van der Waals surface area contributed by atoms with Crippen LogP contribution in [0.5, 0.6) is 0 Å². The van der Waals surface area contributed by atoms with Crippen LogP contribution in [-0.4, -0.2) is 47.7 Å². The van der Waals surface area contributed by atoms with Gasteiger partial charge in [0, 0.05) is 12.2 Å². The Morgan fingerprint density at radius 1 is 1.59 bits per heavy atom. The van der Waals surface area contributed by atoms with E-state index in [4.69, 9.17) is 0 Å². The van der Waals surface area contributed by atoms with Crippen molar-refractivity contribution in [2.45, 2.75) is 19.8 Å². The second-order valence-corrected chi connectivity index (χ2v) is 4.87. The normalized spacial score (nSPS) is 18.2. The number of likely N-dealkylation sites (tertiary alicyclic amines) is 1. The van der Waals surface area contributed by atoms with Crippen LogP contribution >= 0.6 is 0 Å². The predicted molar refractivity (Wildman–Crippen MR) is 65.9 cm³/mol. The molecule has 0 spiro atoms. The Balaban J connectivity index is 1.79. The highest BCUT2D eigenvalue weighted by Gasteiger charge is 2.18. The van der Waals surface area contributed by atoms with E-state index in [0.717, 1.165) is 25.3 Å². The summed E-state index contributed by atoms with van der Waals surface area (Å²) < 4.78 is 0. The second-order valence-electron chi connectivity index (χ2n) is 4.87. The summed E-state index contributed by atoms with van der Waals surface area (Å²) in [5.74, 6) is 0.595. The number of nitrogens with zero attached hydrogens (tertiary/aromatic N) is 2. The van der Waals surface area contributed by atoms with Crippen LogP contribution < -0.4 is 5.32 Å². The largest absolute Gasteiger partial charge is 0.352 e. The maximum atomic E-state index is 11.9. The van der Waals surface area contributed by atoms with Gasteiger partial charge in [-0.2, -0.15) is 5.10 Å². The SMILES string of the molecule is Cc1[nH]ncc1C(=O)NCC1CCN(C)CC1. The van der Waals surface area contributed by atoms with E-state index in [0.29, 0.717) is 11.5 Å². The molecule has 0 saturated carbocycles. The summed E-state index contributed by atoms with van der Waals surface area (Å²) in [6.45, 7) is 4.89. The van der Waals surface area contributed by atoms with E-state index in [2.05, 4.69) is 27.5 Å². The Labute approximate surface area is 102 Å². The topological polar surface area (TPSA) is 61.0 Å². The van der Waals surface area contributed by atoms with Gasteiger partial charge in [0.1, 0.15) is 0 Å². The lowest BCUT2D eigenvalue weighted by Crippen LogP contribution is -2.36. The van der Waals surface area contributed by atoms with E-state index < -0.39 is 0 Å². The molecule has 1 aliphatic heterocycles. The van der Waals surface area contributed by atoms with Crippen LogP contribution in [0.15, 0.2) is 6.20 Å². The van der Waals surface area contributed by atoms with Gasteiger partial charge in [-0.05, 0) is 45.8 Å². The third-order valence-corrected chi connectivity index (χ3v) is 3.46. The minimum Gasteiger partial charge on any atom is -0.352 e. The third-order valence-electron chi connectivity index (χ3n) is 3.46.